The summed E-state index contributed by atoms with van der Waals surface area (Å²) in [7, 11) is 0. The van der Waals surface area contributed by atoms with E-state index in [1.807, 2.05) is 60.7 Å². The van der Waals surface area contributed by atoms with Crippen molar-refractivity contribution in [3.8, 4) is 11.3 Å². The second-order valence-electron chi connectivity index (χ2n) is 7.06. The fourth-order valence-electron chi connectivity index (χ4n) is 3.50. The first-order valence-corrected chi connectivity index (χ1v) is 9.79. The van der Waals surface area contributed by atoms with E-state index in [1.54, 1.807) is 6.33 Å². The summed E-state index contributed by atoms with van der Waals surface area (Å²) in [5.41, 5.74) is 3.47. The van der Waals surface area contributed by atoms with E-state index >= 15 is 0 Å². The van der Waals surface area contributed by atoms with Gasteiger partial charge in [-0.05, 0) is 37.0 Å². The molecule has 28 heavy (non-hydrogen) atoms. The van der Waals surface area contributed by atoms with Crippen LogP contribution in [0.4, 0.5) is 5.82 Å². The Balaban J connectivity index is 1.49. The van der Waals surface area contributed by atoms with Gasteiger partial charge in [0.15, 0.2) is 0 Å². The Labute approximate surface area is 165 Å². The van der Waals surface area contributed by atoms with Crippen molar-refractivity contribution in [1.29, 1.82) is 0 Å². The van der Waals surface area contributed by atoms with Gasteiger partial charge in [-0.1, -0.05) is 42.5 Å². The minimum Gasteiger partial charge on any atom is -0.357 e. The molecule has 1 aliphatic rings. The SMILES string of the molecule is O=C(NCc1ccccc1)c1cccc(-c2cc(N3CCCCC3)ncn2)c1. The van der Waals surface area contributed by atoms with Crippen LogP contribution in [0.15, 0.2) is 67.0 Å². The number of benzene rings is 2. The number of carbonyl (C=O) groups excluding carboxylic acids is 1. The van der Waals surface area contributed by atoms with Crippen molar-refractivity contribution in [3.63, 3.8) is 0 Å². The van der Waals surface area contributed by atoms with Crippen LogP contribution in [-0.2, 0) is 6.54 Å². The van der Waals surface area contributed by atoms with Crippen LogP contribution in [0.25, 0.3) is 11.3 Å². The third kappa shape index (κ3) is 4.36. The molecular weight excluding hydrogens is 348 g/mol. The maximum atomic E-state index is 12.6. The smallest absolute Gasteiger partial charge is 0.251 e. The van der Waals surface area contributed by atoms with E-state index in [0.29, 0.717) is 12.1 Å². The summed E-state index contributed by atoms with van der Waals surface area (Å²) in [5, 5.41) is 2.98. The van der Waals surface area contributed by atoms with Gasteiger partial charge in [0.25, 0.3) is 5.91 Å². The van der Waals surface area contributed by atoms with Crippen molar-refractivity contribution in [3.05, 3.63) is 78.1 Å². The van der Waals surface area contributed by atoms with Crippen molar-refractivity contribution in [2.75, 3.05) is 18.0 Å². The lowest BCUT2D eigenvalue weighted by molar-refractivity contribution is 0.0951. The molecular formula is C23H24N4O. The van der Waals surface area contributed by atoms with Gasteiger partial charge in [-0.2, -0.15) is 0 Å². The van der Waals surface area contributed by atoms with E-state index in [0.717, 1.165) is 35.7 Å². The standard InChI is InChI=1S/C23H24N4O/c28-23(24-16-18-8-3-1-4-9-18)20-11-7-10-19(14-20)21-15-22(26-17-25-21)27-12-5-2-6-13-27/h1,3-4,7-11,14-15,17H,2,5-6,12-13,16H2,(H,24,28). The third-order valence-corrected chi connectivity index (χ3v) is 5.05. The number of rotatable bonds is 5. The monoisotopic (exact) mass is 372 g/mol. The average Bonchev–Trinajstić information content (AvgIpc) is 2.79. The predicted octanol–water partition coefficient (Wildman–Crippen LogP) is 4.06. The van der Waals surface area contributed by atoms with Gasteiger partial charge < -0.3 is 10.2 Å². The summed E-state index contributed by atoms with van der Waals surface area (Å²) >= 11 is 0. The molecule has 0 saturated carbocycles. The van der Waals surface area contributed by atoms with Gasteiger partial charge in [0.05, 0.1) is 5.69 Å². The van der Waals surface area contributed by atoms with Gasteiger partial charge in [-0.3, -0.25) is 4.79 Å². The van der Waals surface area contributed by atoms with Crippen molar-refractivity contribution in [2.24, 2.45) is 0 Å². The zero-order valence-electron chi connectivity index (χ0n) is 15.8. The number of carbonyl (C=O) groups is 1. The van der Waals surface area contributed by atoms with Crippen LogP contribution in [0.5, 0.6) is 0 Å². The van der Waals surface area contributed by atoms with Crippen LogP contribution in [0.3, 0.4) is 0 Å². The first-order valence-electron chi connectivity index (χ1n) is 9.79. The zero-order chi connectivity index (χ0) is 19.2. The molecule has 1 amide bonds. The highest BCUT2D eigenvalue weighted by Crippen LogP contribution is 2.23. The third-order valence-electron chi connectivity index (χ3n) is 5.05. The molecule has 1 aromatic heterocycles. The van der Waals surface area contributed by atoms with Gasteiger partial charge >= 0.3 is 0 Å². The van der Waals surface area contributed by atoms with Gasteiger partial charge in [-0.15, -0.1) is 0 Å². The number of piperidine rings is 1. The highest BCUT2D eigenvalue weighted by Gasteiger charge is 2.14. The summed E-state index contributed by atoms with van der Waals surface area (Å²) in [4.78, 5) is 23.7. The topological polar surface area (TPSA) is 58.1 Å². The summed E-state index contributed by atoms with van der Waals surface area (Å²) in [5.74, 6) is 0.875. The molecule has 5 heteroatoms. The molecule has 1 fully saturated rings. The van der Waals surface area contributed by atoms with E-state index in [1.165, 1.54) is 19.3 Å². The van der Waals surface area contributed by atoms with Crippen molar-refractivity contribution in [1.82, 2.24) is 15.3 Å². The van der Waals surface area contributed by atoms with E-state index in [9.17, 15) is 4.79 Å². The van der Waals surface area contributed by atoms with Gasteiger partial charge in [0, 0.05) is 36.8 Å². The molecule has 142 valence electrons. The summed E-state index contributed by atoms with van der Waals surface area (Å²) in [6, 6.07) is 19.5. The Morgan fingerprint density at radius 1 is 0.929 bits per heavy atom. The number of nitrogens with one attached hydrogen (secondary N) is 1. The van der Waals surface area contributed by atoms with Gasteiger partial charge in [0.1, 0.15) is 12.1 Å². The summed E-state index contributed by atoms with van der Waals surface area (Å²) in [6.45, 7) is 2.59. The number of anilines is 1. The van der Waals surface area contributed by atoms with E-state index in [2.05, 4.69) is 20.2 Å². The minimum absolute atomic E-state index is 0.0870. The highest BCUT2D eigenvalue weighted by molar-refractivity contribution is 5.95. The maximum Gasteiger partial charge on any atom is 0.251 e. The molecule has 1 aliphatic heterocycles. The molecule has 3 aromatic rings. The fraction of sp³-hybridized carbons (Fsp3) is 0.261. The van der Waals surface area contributed by atoms with Crippen molar-refractivity contribution >= 4 is 11.7 Å². The molecule has 0 unspecified atom stereocenters. The first kappa shape index (κ1) is 18.2. The molecule has 1 saturated heterocycles. The maximum absolute atomic E-state index is 12.6. The highest BCUT2D eigenvalue weighted by atomic mass is 16.1. The molecule has 0 aliphatic carbocycles. The van der Waals surface area contributed by atoms with Crippen LogP contribution in [-0.4, -0.2) is 29.0 Å². The molecule has 2 aromatic carbocycles. The van der Waals surface area contributed by atoms with Crippen molar-refractivity contribution in [2.45, 2.75) is 25.8 Å². The van der Waals surface area contributed by atoms with Crippen LogP contribution in [0.2, 0.25) is 0 Å². The quantitative estimate of drug-likeness (QED) is 0.734. The van der Waals surface area contributed by atoms with Crippen LogP contribution < -0.4 is 10.2 Å². The number of hydrogen-bond acceptors (Lipinski definition) is 4. The molecule has 0 radical (unpaired) electrons. The van der Waals surface area contributed by atoms with Gasteiger partial charge in [0.2, 0.25) is 0 Å². The lowest BCUT2D eigenvalue weighted by Crippen LogP contribution is -2.30. The van der Waals surface area contributed by atoms with E-state index in [-0.39, 0.29) is 5.91 Å². The summed E-state index contributed by atoms with van der Waals surface area (Å²) in [6.07, 6.45) is 5.31. The lowest BCUT2D eigenvalue weighted by Gasteiger charge is -2.27. The Morgan fingerprint density at radius 3 is 2.57 bits per heavy atom. The molecule has 4 rings (SSSR count). The molecule has 0 atom stereocenters. The zero-order valence-corrected chi connectivity index (χ0v) is 15.8. The number of aromatic nitrogens is 2. The largest absolute Gasteiger partial charge is 0.357 e. The van der Waals surface area contributed by atoms with Gasteiger partial charge in [-0.25, -0.2) is 9.97 Å². The number of amides is 1. The van der Waals surface area contributed by atoms with E-state index < -0.39 is 0 Å². The Bertz CT molecular complexity index is 936. The normalized spacial score (nSPS) is 13.9. The van der Waals surface area contributed by atoms with E-state index in [4.69, 9.17) is 0 Å². The molecule has 0 bridgehead atoms. The molecule has 0 spiro atoms. The second-order valence-corrected chi connectivity index (χ2v) is 7.06. The average molecular weight is 372 g/mol. The fourth-order valence-corrected chi connectivity index (χ4v) is 3.50. The van der Waals surface area contributed by atoms with Crippen molar-refractivity contribution < 1.29 is 4.79 Å². The predicted molar refractivity (Wildman–Crippen MR) is 111 cm³/mol. The number of nitrogens with zero attached hydrogens (tertiary/aromatic N) is 3. The molecule has 2 heterocycles. The first-order chi connectivity index (χ1) is 13.8. The Kier molecular flexibility index (Phi) is 5.61. The lowest BCUT2D eigenvalue weighted by atomic mass is 10.1. The van der Waals surface area contributed by atoms with Crippen LogP contribution in [0.1, 0.15) is 35.2 Å². The van der Waals surface area contributed by atoms with Crippen LogP contribution in [0, 0.1) is 0 Å². The van der Waals surface area contributed by atoms with Crippen LogP contribution >= 0.6 is 0 Å². The number of hydrogen-bond donors (Lipinski definition) is 1. The Hall–Kier alpha value is -3.21. The Morgan fingerprint density at radius 2 is 1.75 bits per heavy atom. The molecule has 5 nitrogen and oxygen atoms in total. The molecule has 1 N–H and O–H groups in total. The second kappa shape index (κ2) is 8.65. The minimum atomic E-state index is -0.0870. The summed E-state index contributed by atoms with van der Waals surface area (Å²) < 4.78 is 0.